The van der Waals surface area contributed by atoms with Crippen LogP contribution >= 0.6 is 0 Å². The van der Waals surface area contributed by atoms with Gasteiger partial charge in [-0.05, 0) is 99.7 Å². The second-order valence-electron chi connectivity index (χ2n) is 11.6. The van der Waals surface area contributed by atoms with Gasteiger partial charge in [0.2, 0.25) is 0 Å². The van der Waals surface area contributed by atoms with E-state index in [2.05, 4.69) is 23.2 Å². The molecule has 2 heterocycles. The summed E-state index contributed by atoms with van der Waals surface area (Å²) in [5, 5.41) is 1.19. The number of pyridine rings is 1. The van der Waals surface area contributed by atoms with Crippen molar-refractivity contribution in [3.05, 3.63) is 77.2 Å². The van der Waals surface area contributed by atoms with E-state index in [0.717, 1.165) is 30.3 Å². The highest BCUT2D eigenvalue weighted by Crippen LogP contribution is 2.42. The molecule has 1 saturated heterocycles. The first-order valence-electron chi connectivity index (χ1n) is 13.4. The van der Waals surface area contributed by atoms with Gasteiger partial charge >= 0.3 is 6.09 Å². The van der Waals surface area contributed by atoms with Crippen LogP contribution < -0.4 is 0 Å². The van der Waals surface area contributed by atoms with Crippen molar-refractivity contribution in [3.8, 4) is 0 Å². The van der Waals surface area contributed by atoms with Crippen molar-refractivity contribution in [2.45, 2.75) is 69.8 Å². The molecule has 37 heavy (non-hydrogen) atoms. The molecule has 0 N–H and O–H groups in total. The maximum Gasteiger partial charge on any atom is 0.410 e. The van der Waals surface area contributed by atoms with Crippen molar-refractivity contribution in [1.82, 2.24) is 9.88 Å². The number of hydrogen-bond donors (Lipinski definition) is 0. The average Bonchev–Trinajstić information content (AvgIpc) is 3.72. The van der Waals surface area contributed by atoms with Gasteiger partial charge in [-0.15, -0.1) is 0 Å². The topological polar surface area (TPSA) is 51.7 Å². The van der Waals surface area contributed by atoms with E-state index in [9.17, 15) is 9.18 Å². The van der Waals surface area contributed by atoms with E-state index >= 15 is 0 Å². The molecule has 1 aromatic heterocycles. The van der Waals surface area contributed by atoms with Gasteiger partial charge in [0.05, 0.1) is 18.7 Å². The molecule has 3 aromatic rings. The maximum atomic E-state index is 13.7. The summed E-state index contributed by atoms with van der Waals surface area (Å²) in [6, 6.07) is 15.5. The smallest absolute Gasteiger partial charge is 0.410 e. The molecule has 2 fully saturated rings. The number of nitrogens with zero attached hydrogens (tertiary/aromatic N) is 2. The van der Waals surface area contributed by atoms with Gasteiger partial charge in [-0.3, -0.25) is 4.98 Å². The van der Waals surface area contributed by atoms with Crippen molar-refractivity contribution >= 4 is 17.0 Å². The number of halogens is 1. The number of amides is 1. The second kappa shape index (κ2) is 10.4. The van der Waals surface area contributed by atoms with Gasteiger partial charge in [0.25, 0.3) is 0 Å². The van der Waals surface area contributed by atoms with Gasteiger partial charge in [-0.2, -0.15) is 0 Å². The number of benzene rings is 2. The molecule has 5 rings (SSSR count). The third-order valence-electron chi connectivity index (χ3n) is 7.58. The molecule has 1 saturated carbocycles. The molecule has 5 nitrogen and oxygen atoms in total. The summed E-state index contributed by atoms with van der Waals surface area (Å²) in [7, 11) is 0. The lowest BCUT2D eigenvalue weighted by Crippen LogP contribution is -2.48. The molecule has 0 bridgehead atoms. The largest absolute Gasteiger partial charge is 0.444 e. The fourth-order valence-corrected chi connectivity index (χ4v) is 5.35. The molecule has 1 amide bonds. The zero-order chi connectivity index (χ0) is 26.0. The molecule has 6 heteroatoms. The molecule has 1 aliphatic heterocycles. The van der Waals surface area contributed by atoms with Crippen LogP contribution in [-0.4, -0.2) is 47.9 Å². The minimum absolute atomic E-state index is 0.249. The van der Waals surface area contributed by atoms with E-state index in [1.165, 1.54) is 41.5 Å². The van der Waals surface area contributed by atoms with Crippen LogP contribution in [0.5, 0.6) is 0 Å². The third-order valence-corrected chi connectivity index (χ3v) is 7.58. The maximum absolute atomic E-state index is 13.7. The number of likely N-dealkylation sites (tertiary alicyclic amines) is 1. The van der Waals surface area contributed by atoms with Crippen LogP contribution in [0.3, 0.4) is 0 Å². The minimum atomic E-state index is -0.526. The van der Waals surface area contributed by atoms with Crippen LogP contribution in [0.15, 0.2) is 54.7 Å². The predicted molar refractivity (Wildman–Crippen MR) is 143 cm³/mol. The Morgan fingerprint density at radius 2 is 1.84 bits per heavy atom. The molecule has 0 radical (unpaired) electrons. The van der Waals surface area contributed by atoms with Crippen LogP contribution in [-0.2, 0) is 21.3 Å². The third kappa shape index (κ3) is 6.12. The number of carbonyl (C=O) groups is 1. The first-order chi connectivity index (χ1) is 17.7. The Morgan fingerprint density at radius 3 is 2.51 bits per heavy atom. The molecule has 0 spiro atoms. The van der Waals surface area contributed by atoms with E-state index in [1.54, 1.807) is 4.90 Å². The summed E-state index contributed by atoms with van der Waals surface area (Å²) < 4.78 is 25.6. The Labute approximate surface area is 219 Å². The highest BCUT2D eigenvalue weighted by molar-refractivity contribution is 5.82. The monoisotopic (exact) mass is 504 g/mol. The summed E-state index contributed by atoms with van der Waals surface area (Å²) in [5.74, 6) is 0.433. The minimum Gasteiger partial charge on any atom is -0.444 e. The number of piperidine rings is 1. The van der Waals surface area contributed by atoms with Crippen molar-refractivity contribution in [1.29, 1.82) is 0 Å². The van der Waals surface area contributed by atoms with E-state index in [0.29, 0.717) is 32.2 Å². The summed E-state index contributed by atoms with van der Waals surface area (Å²) in [5.41, 5.74) is 3.95. The van der Waals surface area contributed by atoms with E-state index in [1.807, 2.05) is 45.2 Å². The van der Waals surface area contributed by atoms with E-state index in [4.69, 9.17) is 9.47 Å². The van der Waals surface area contributed by atoms with Crippen molar-refractivity contribution < 1.29 is 18.7 Å². The summed E-state index contributed by atoms with van der Waals surface area (Å²) in [4.78, 5) is 19.0. The molecular weight excluding hydrogens is 467 g/mol. The first-order valence-corrected chi connectivity index (χ1v) is 13.4. The average molecular weight is 505 g/mol. The Hall–Kier alpha value is -2.99. The Balaban J connectivity index is 1.27. The Bertz CT molecular complexity index is 1240. The highest BCUT2D eigenvalue weighted by atomic mass is 19.1. The number of ether oxygens (including phenoxy) is 2. The van der Waals surface area contributed by atoms with Crippen molar-refractivity contribution in [2.75, 3.05) is 26.3 Å². The lowest BCUT2D eigenvalue weighted by molar-refractivity contribution is 0.00566. The van der Waals surface area contributed by atoms with Crippen molar-refractivity contribution in [2.24, 2.45) is 0 Å². The summed E-state index contributed by atoms with van der Waals surface area (Å²) >= 11 is 0. The zero-order valence-electron chi connectivity index (χ0n) is 22.1. The highest BCUT2D eigenvalue weighted by Gasteiger charge is 2.39. The van der Waals surface area contributed by atoms with Crippen LogP contribution in [0, 0.1) is 5.82 Å². The summed E-state index contributed by atoms with van der Waals surface area (Å²) in [6.07, 6.45) is 6.36. The molecule has 2 aliphatic rings. The Kier molecular flexibility index (Phi) is 7.21. The quantitative estimate of drug-likeness (QED) is 0.333. The number of rotatable bonds is 7. The van der Waals surface area contributed by atoms with Crippen LogP contribution in [0.25, 0.3) is 10.9 Å². The Morgan fingerprint density at radius 1 is 1.11 bits per heavy atom. The van der Waals surface area contributed by atoms with Gasteiger partial charge in [0, 0.05) is 30.1 Å². The number of fused-ring (bicyclic) bond motifs is 1. The molecule has 0 unspecified atom stereocenters. The van der Waals surface area contributed by atoms with Gasteiger partial charge in [-0.1, -0.05) is 24.3 Å². The van der Waals surface area contributed by atoms with E-state index < -0.39 is 5.60 Å². The number of aromatic nitrogens is 1. The molecular formula is C31H37FN2O3. The van der Waals surface area contributed by atoms with Crippen LogP contribution in [0.1, 0.15) is 69.1 Å². The lowest BCUT2D eigenvalue weighted by Gasteiger charge is -2.42. The molecule has 2 aromatic carbocycles. The fourth-order valence-electron chi connectivity index (χ4n) is 5.35. The van der Waals surface area contributed by atoms with E-state index in [-0.39, 0.29) is 17.3 Å². The van der Waals surface area contributed by atoms with Gasteiger partial charge < -0.3 is 14.4 Å². The fraction of sp³-hybridized carbons (Fsp3) is 0.484. The van der Waals surface area contributed by atoms with Gasteiger partial charge in [0.1, 0.15) is 11.4 Å². The molecule has 0 atom stereocenters. The van der Waals surface area contributed by atoms with Crippen molar-refractivity contribution in [3.63, 3.8) is 0 Å². The molecule has 1 aliphatic carbocycles. The SMILES string of the molecule is CC(C)(C)OC(=O)N1CCC(COCCc2cc(C3CC3)cc3cccnc23)(c2ccc(F)cc2)CC1. The lowest BCUT2D eigenvalue weighted by atomic mass is 9.73. The number of carbonyl (C=O) groups excluding carboxylic acids is 1. The number of hydrogen-bond acceptors (Lipinski definition) is 4. The normalized spacial score (nSPS) is 17.7. The molecule has 196 valence electrons. The first kappa shape index (κ1) is 25.7. The predicted octanol–water partition coefficient (Wildman–Crippen LogP) is 6.78. The zero-order valence-corrected chi connectivity index (χ0v) is 22.1. The van der Waals surface area contributed by atoms with Gasteiger partial charge in [0.15, 0.2) is 0 Å². The summed E-state index contributed by atoms with van der Waals surface area (Å²) in [6.45, 7) is 7.90. The standard InChI is InChI=1S/C31H37FN2O3/c1-30(2,3)37-29(35)34-16-13-31(14-17-34,26-8-10-27(32)11-9-26)21-36-18-12-24-20-25(22-6-7-22)19-23-5-4-15-33-28(23)24/h4-5,8-11,15,19-20,22H,6-7,12-14,16-18,21H2,1-3H3. The van der Waals surface area contributed by atoms with Gasteiger partial charge in [-0.25, -0.2) is 9.18 Å². The second-order valence-corrected chi connectivity index (χ2v) is 11.6. The van der Waals surface area contributed by atoms with Crippen LogP contribution in [0.2, 0.25) is 0 Å². The van der Waals surface area contributed by atoms with Crippen LogP contribution in [0.4, 0.5) is 9.18 Å².